The summed E-state index contributed by atoms with van der Waals surface area (Å²) in [6.45, 7) is 0. The molecule has 0 saturated heterocycles. The number of rotatable bonds is 7. The van der Waals surface area contributed by atoms with Crippen LogP contribution >= 0.6 is 0 Å². The third-order valence-electron chi connectivity index (χ3n) is 7.64. The van der Waals surface area contributed by atoms with Crippen LogP contribution in [0.15, 0.2) is 42.5 Å². The van der Waals surface area contributed by atoms with Crippen LogP contribution in [0.4, 0.5) is 18.9 Å². The van der Waals surface area contributed by atoms with Crippen molar-refractivity contribution < 1.29 is 37.4 Å². The molecule has 0 spiro atoms. The molecule has 0 bridgehead atoms. The molecule has 11 heteroatoms. The number of carbonyl (C=O) groups excluding carboxylic acids is 2. The van der Waals surface area contributed by atoms with Crippen LogP contribution in [-0.4, -0.2) is 46.2 Å². The molecule has 0 radical (unpaired) electrons. The largest absolute Gasteiger partial charge is 0.573 e. The number of fused-ring (bicyclic) bond motifs is 2. The summed E-state index contributed by atoms with van der Waals surface area (Å²) in [6.07, 6.45) is -1.48. The van der Waals surface area contributed by atoms with Crippen LogP contribution in [0.2, 0.25) is 0 Å². The Balaban J connectivity index is 1.55. The molecule has 3 aliphatic rings. The molecule has 2 amide bonds. The maximum Gasteiger partial charge on any atom is 0.573 e. The molecule has 3 unspecified atom stereocenters. The third kappa shape index (κ3) is 5.41. The Morgan fingerprint density at radius 3 is 2.38 bits per heavy atom. The van der Waals surface area contributed by atoms with Gasteiger partial charge in [0.2, 0.25) is 5.91 Å². The molecule has 2 aliphatic carbocycles. The highest BCUT2D eigenvalue weighted by Crippen LogP contribution is 2.53. The Kier molecular flexibility index (Phi) is 6.97. The Labute approximate surface area is 222 Å². The van der Waals surface area contributed by atoms with Crippen molar-refractivity contribution >= 4 is 23.5 Å². The monoisotopic (exact) mass is 541 g/mol. The van der Waals surface area contributed by atoms with Gasteiger partial charge in [0.05, 0.1) is 24.1 Å². The number of nitriles is 1. The minimum Gasteiger partial charge on any atom is -0.481 e. The number of nitrogens with zero attached hydrogens (tertiary/aromatic N) is 3. The number of amides is 2. The maximum absolute atomic E-state index is 13.8. The molecule has 8 nitrogen and oxygen atoms in total. The van der Waals surface area contributed by atoms with Gasteiger partial charge in [-0.15, -0.1) is 13.2 Å². The van der Waals surface area contributed by atoms with E-state index >= 15 is 0 Å². The number of anilines is 1. The lowest BCUT2D eigenvalue weighted by Crippen LogP contribution is -2.53. The zero-order valence-electron chi connectivity index (χ0n) is 20.9. The Morgan fingerprint density at radius 2 is 1.77 bits per heavy atom. The zero-order chi connectivity index (χ0) is 27.9. The predicted molar refractivity (Wildman–Crippen MR) is 132 cm³/mol. The molecule has 1 aliphatic heterocycles. The second-order valence-corrected chi connectivity index (χ2v) is 10.2. The number of carbonyl (C=O) groups is 3. The minimum atomic E-state index is -4.85. The summed E-state index contributed by atoms with van der Waals surface area (Å²) < 4.78 is 41.7. The molecule has 2 aromatic carbocycles. The number of hydrogen-bond acceptors (Lipinski definition) is 5. The number of alkyl halides is 3. The fourth-order valence-electron chi connectivity index (χ4n) is 5.98. The quantitative estimate of drug-likeness (QED) is 0.517. The number of hydrogen-bond donors (Lipinski definition) is 1. The van der Waals surface area contributed by atoms with Crippen molar-refractivity contribution in [3.8, 4) is 11.8 Å². The van der Waals surface area contributed by atoms with Crippen LogP contribution in [0, 0.1) is 17.2 Å². The van der Waals surface area contributed by atoms with Crippen LogP contribution < -0.4 is 9.64 Å². The normalized spacial score (nSPS) is 21.9. The summed E-state index contributed by atoms with van der Waals surface area (Å²) in [5.74, 6) is -2.29. The van der Waals surface area contributed by atoms with Crippen molar-refractivity contribution in [2.45, 2.75) is 69.4 Å². The SMILES string of the molecule is N#Cc1ccc2c(c1)C(N(C(=O)CCC(=O)O)C1CC1)C1CCCC1N2C(=O)c1ccc(OC(F)(F)F)cc1. The molecular formula is C28H26F3N3O5. The number of carboxylic acids is 1. The Morgan fingerprint density at radius 1 is 1.05 bits per heavy atom. The van der Waals surface area contributed by atoms with Crippen molar-refractivity contribution in [3.63, 3.8) is 0 Å². The first-order chi connectivity index (χ1) is 18.6. The summed E-state index contributed by atoms with van der Waals surface area (Å²) in [5, 5.41) is 18.8. The average molecular weight is 542 g/mol. The number of benzene rings is 2. The number of aliphatic carboxylic acids is 1. The molecule has 2 aromatic rings. The fraction of sp³-hybridized carbons (Fsp3) is 0.429. The zero-order valence-corrected chi connectivity index (χ0v) is 20.9. The average Bonchev–Trinajstić information content (AvgIpc) is 3.61. The topological polar surface area (TPSA) is 111 Å². The van der Waals surface area contributed by atoms with Crippen LogP contribution in [-0.2, 0) is 9.59 Å². The van der Waals surface area contributed by atoms with Crippen molar-refractivity contribution in [1.82, 2.24) is 4.90 Å². The van der Waals surface area contributed by atoms with Gasteiger partial charge in [-0.1, -0.05) is 6.42 Å². The van der Waals surface area contributed by atoms with Crippen molar-refractivity contribution in [2.24, 2.45) is 5.92 Å². The van der Waals surface area contributed by atoms with E-state index in [9.17, 15) is 32.8 Å². The molecule has 1 N–H and O–H groups in total. The van der Waals surface area contributed by atoms with Gasteiger partial charge in [0.1, 0.15) is 5.75 Å². The first kappa shape index (κ1) is 26.5. The molecule has 0 aromatic heterocycles. The van der Waals surface area contributed by atoms with Gasteiger partial charge in [-0.2, -0.15) is 5.26 Å². The van der Waals surface area contributed by atoms with Gasteiger partial charge < -0.3 is 19.6 Å². The van der Waals surface area contributed by atoms with E-state index in [0.717, 1.165) is 37.8 Å². The second-order valence-electron chi connectivity index (χ2n) is 10.2. The van der Waals surface area contributed by atoms with Gasteiger partial charge in [-0.3, -0.25) is 14.4 Å². The lowest BCUT2D eigenvalue weighted by Gasteiger charge is -2.48. The molecule has 204 valence electrons. The minimum absolute atomic E-state index is 0.0282. The van der Waals surface area contributed by atoms with Gasteiger partial charge in [0.15, 0.2) is 0 Å². The van der Waals surface area contributed by atoms with Crippen LogP contribution in [0.1, 0.15) is 72.5 Å². The third-order valence-corrected chi connectivity index (χ3v) is 7.64. The molecule has 2 saturated carbocycles. The van der Waals surface area contributed by atoms with Gasteiger partial charge in [-0.05, 0) is 68.1 Å². The van der Waals surface area contributed by atoms with Crippen LogP contribution in [0.25, 0.3) is 0 Å². The van der Waals surface area contributed by atoms with E-state index in [2.05, 4.69) is 10.8 Å². The highest BCUT2D eigenvalue weighted by Gasteiger charge is 2.51. The number of ether oxygens (including phenoxy) is 1. The highest BCUT2D eigenvalue weighted by molar-refractivity contribution is 6.07. The van der Waals surface area contributed by atoms with Crippen molar-refractivity contribution in [3.05, 3.63) is 59.2 Å². The van der Waals surface area contributed by atoms with Gasteiger partial charge in [0, 0.05) is 41.2 Å². The maximum atomic E-state index is 13.8. The second kappa shape index (κ2) is 10.2. The predicted octanol–water partition coefficient (Wildman–Crippen LogP) is 5.18. The summed E-state index contributed by atoms with van der Waals surface area (Å²) in [5.41, 5.74) is 1.74. The van der Waals surface area contributed by atoms with Crippen LogP contribution in [0.5, 0.6) is 5.75 Å². The van der Waals surface area contributed by atoms with Gasteiger partial charge >= 0.3 is 12.3 Å². The molecule has 2 fully saturated rings. The molecule has 5 rings (SSSR count). The lowest BCUT2D eigenvalue weighted by atomic mass is 9.80. The van der Waals surface area contributed by atoms with Gasteiger partial charge in [0.25, 0.3) is 5.91 Å². The number of carboxylic acid groups (broad SMARTS) is 1. The van der Waals surface area contributed by atoms with E-state index in [1.807, 2.05) is 0 Å². The first-order valence-corrected chi connectivity index (χ1v) is 12.8. The highest BCUT2D eigenvalue weighted by atomic mass is 19.4. The van der Waals surface area contributed by atoms with E-state index in [4.69, 9.17) is 5.11 Å². The molecule has 1 heterocycles. The lowest BCUT2D eigenvalue weighted by molar-refractivity contribution is -0.274. The molecular weight excluding hydrogens is 515 g/mol. The summed E-state index contributed by atoms with van der Waals surface area (Å²) in [7, 11) is 0. The van der Waals surface area contributed by atoms with E-state index in [-0.39, 0.29) is 42.3 Å². The Hall–Kier alpha value is -4.07. The first-order valence-electron chi connectivity index (χ1n) is 12.8. The number of halogens is 3. The standard InChI is InChI=1S/C28H26F3N3O5/c29-28(30,31)39-19-9-5-17(6-10-19)27(38)34-22-3-1-2-20(22)26(21-14-16(15-32)4-11-23(21)34)33(18-7-8-18)24(35)12-13-25(36)37/h4-6,9-11,14,18,20,22,26H,1-3,7-8,12-13H2,(H,36,37). The molecule has 3 atom stereocenters. The smallest absolute Gasteiger partial charge is 0.481 e. The van der Waals surface area contributed by atoms with Crippen molar-refractivity contribution in [1.29, 1.82) is 5.26 Å². The van der Waals surface area contributed by atoms with E-state index in [0.29, 0.717) is 23.2 Å². The summed E-state index contributed by atoms with van der Waals surface area (Å²) >= 11 is 0. The fourth-order valence-corrected chi connectivity index (χ4v) is 5.98. The summed E-state index contributed by atoms with van der Waals surface area (Å²) in [6, 6.07) is 11.1. The molecule has 39 heavy (non-hydrogen) atoms. The van der Waals surface area contributed by atoms with E-state index < -0.39 is 30.0 Å². The Bertz CT molecular complexity index is 1330. The van der Waals surface area contributed by atoms with Crippen LogP contribution in [0.3, 0.4) is 0 Å². The summed E-state index contributed by atoms with van der Waals surface area (Å²) in [4.78, 5) is 41.8. The van der Waals surface area contributed by atoms with Gasteiger partial charge in [-0.25, -0.2) is 0 Å². The van der Waals surface area contributed by atoms with E-state index in [1.165, 1.54) is 12.1 Å². The van der Waals surface area contributed by atoms with E-state index in [1.54, 1.807) is 28.0 Å². The van der Waals surface area contributed by atoms with Crippen molar-refractivity contribution in [2.75, 3.05) is 4.90 Å².